The number of halogens is 1. The van der Waals surface area contributed by atoms with Gasteiger partial charge in [0.1, 0.15) is 5.82 Å². The summed E-state index contributed by atoms with van der Waals surface area (Å²) in [6, 6.07) is 15.4. The topological polar surface area (TPSA) is 111 Å². The normalized spacial score (nSPS) is 13.8. The highest BCUT2D eigenvalue weighted by Crippen LogP contribution is 2.20. The first-order valence-electron chi connectivity index (χ1n) is 14.4. The number of aromatic nitrogens is 3. The number of amides is 2. The Kier molecular flexibility index (Phi) is 9.33. The van der Waals surface area contributed by atoms with E-state index in [-0.39, 0.29) is 22.9 Å². The molecule has 1 aliphatic rings. The number of rotatable bonds is 10. The second-order valence-electron chi connectivity index (χ2n) is 10.7. The number of nitrogens with one attached hydrogen (secondary N) is 2. The van der Waals surface area contributed by atoms with Crippen molar-refractivity contribution in [3.8, 4) is 0 Å². The second-order valence-corrected chi connectivity index (χ2v) is 10.7. The van der Waals surface area contributed by atoms with Gasteiger partial charge < -0.3 is 10.2 Å². The number of piperazine rings is 1. The molecule has 218 valence electrons. The van der Waals surface area contributed by atoms with Gasteiger partial charge in [-0.1, -0.05) is 30.7 Å². The third-order valence-corrected chi connectivity index (χ3v) is 7.68. The molecule has 1 saturated heterocycles. The molecule has 2 aromatic heterocycles. The number of carbonyl (C=O) groups is 2. The minimum Gasteiger partial charge on any atom is -0.352 e. The van der Waals surface area contributed by atoms with Crippen LogP contribution in [-0.2, 0) is 6.42 Å². The lowest BCUT2D eigenvalue weighted by molar-refractivity contribution is 0.0630. The number of H-pyrrole nitrogens is 1. The Hall–Kier alpha value is -4.44. The van der Waals surface area contributed by atoms with Crippen molar-refractivity contribution in [1.29, 1.82) is 0 Å². The highest BCUT2D eigenvalue weighted by atomic mass is 19.1. The highest BCUT2D eigenvalue weighted by molar-refractivity contribution is 5.95. The molecule has 0 radical (unpaired) electrons. The van der Waals surface area contributed by atoms with Gasteiger partial charge in [-0.15, -0.1) is 0 Å². The van der Waals surface area contributed by atoms with Crippen molar-refractivity contribution in [3.05, 3.63) is 105 Å². The lowest BCUT2D eigenvalue weighted by atomic mass is 10.0. The van der Waals surface area contributed by atoms with E-state index in [4.69, 9.17) is 0 Å². The van der Waals surface area contributed by atoms with Gasteiger partial charge in [0.15, 0.2) is 0 Å². The number of unbranched alkanes of at least 4 members (excludes halogenated alkanes) is 2. The average Bonchev–Trinajstić information content (AvgIpc) is 3.01. The summed E-state index contributed by atoms with van der Waals surface area (Å²) >= 11 is 0. The van der Waals surface area contributed by atoms with Crippen molar-refractivity contribution in [3.63, 3.8) is 0 Å². The number of fused-ring (bicyclic) bond motifs is 1. The van der Waals surface area contributed by atoms with Crippen LogP contribution in [0.2, 0.25) is 0 Å². The number of hydrogen-bond donors (Lipinski definition) is 2. The smallest absolute Gasteiger partial charge is 0.272 e. The summed E-state index contributed by atoms with van der Waals surface area (Å²) in [6.45, 7) is 5.96. The first kappa shape index (κ1) is 29.1. The van der Waals surface area contributed by atoms with Crippen LogP contribution in [0.4, 0.5) is 4.39 Å². The summed E-state index contributed by atoms with van der Waals surface area (Å²) < 4.78 is 14.8. The van der Waals surface area contributed by atoms with Gasteiger partial charge in [0.2, 0.25) is 0 Å². The van der Waals surface area contributed by atoms with E-state index >= 15 is 0 Å². The standard InChI is InChI=1S/C32H35FN6O3/c1-22-9-11-24(21-35-22)30(40)34-13-5-2-6-14-38-15-17-39(18-16-38)32(42)27-19-23(10-12-28(27)33)20-29-25-7-3-4-8-26(25)31(41)37-36-29/h3-4,7-12,19,21H,2,5-6,13-18,20H2,1H3,(H,34,40)(H,37,41). The zero-order chi connectivity index (χ0) is 29.5. The molecule has 1 fully saturated rings. The monoisotopic (exact) mass is 570 g/mol. The fraction of sp³-hybridized carbons (Fsp3) is 0.344. The van der Waals surface area contributed by atoms with E-state index in [0.29, 0.717) is 42.7 Å². The number of benzene rings is 2. The highest BCUT2D eigenvalue weighted by Gasteiger charge is 2.24. The molecule has 5 rings (SSSR count). The Morgan fingerprint density at radius 2 is 1.76 bits per heavy atom. The molecule has 3 heterocycles. The fourth-order valence-corrected chi connectivity index (χ4v) is 5.23. The van der Waals surface area contributed by atoms with Crippen LogP contribution in [-0.4, -0.2) is 76.1 Å². The molecule has 2 N–H and O–H groups in total. The third-order valence-electron chi connectivity index (χ3n) is 7.68. The van der Waals surface area contributed by atoms with Crippen LogP contribution < -0.4 is 10.9 Å². The van der Waals surface area contributed by atoms with Crippen LogP contribution in [0.25, 0.3) is 10.8 Å². The minimum absolute atomic E-state index is 0.0538. The first-order chi connectivity index (χ1) is 20.4. The molecular formula is C32H35FN6O3. The molecule has 0 aliphatic carbocycles. The number of nitrogens with zero attached hydrogens (tertiary/aromatic N) is 4. The Morgan fingerprint density at radius 1 is 0.976 bits per heavy atom. The first-order valence-corrected chi connectivity index (χ1v) is 14.4. The van der Waals surface area contributed by atoms with E-state index in [1.165, 1.54) is 6.07 Å². The van der Waals surface area contributed by atoms with Crippen LogP contribution in [0.5, 0.6) is 0 Å². The predicted molar refractivity (Wildman–Crippen MR) is 159 cm³/mol. The summed E-state index contributed by atoms with van der Waals surface area (Å²) in [6.07, 6.45) is 4.83. The van der Waals surface area contributed by atoms with Crippen LogP contribution in [0, 0.1) is 12.7 Å². The molecule has 4 aromatic rings. The lowest BCUT2D eigenvalue weighted by Crippen LogP contribution is -2.49. The van der Waals surface area contributed by atoms with Gasteiger partial charge in [0.25, 0.3) is 17.4 Å². The predicted octanol–water partition coefficient (Wildman–Crippen LogP) is 3.71. The van der Waals surface area contributed by atoms with E-state index in [1.807, 2.05) is 25.1 Å². The van der Waals surface area contributed by atoms with Crippen molar-refractivity contribution in [2.75, 3.05) is 39.3 Å². The van der Waals surface area contributed by atoms with Gasteiger partial charge in [-0.05, 0) is 62.2 Å². The maximum absolute atomic E-state index is 14.8. The SMILES string of the molecule is Cc1ccc(C(=O)NCCCCCN2CCN(C(=O)c3cc(Cc4n[nH]c(=O)c5ccccc45)ccc3F)CC2)cn1. The van der Waals surface area contributed by atoms with E-state index < -0.39 is 5.82 Å². The zero-order valence-corrected chi connectivity index (χ0v) is 23.7. The van der Waals surface area contributed by atoms with Crippen molar-refractivity contribution in [2.45, 2.75) is 32.6 Å². The number of pyridine rings is 1. The quantitative estimate of drug-likeness (QED) is 0.281. The van der Waals surface area contributed by atoms with E-state index in [0.717, 1.165) is 55.5 Å². The zero-order valence-electron chi connectivity index (χ0n) is 23.7. The Morgan fingerprint density at radius 3 is 2.52 bits per heavy atom. The van der Waals surface area contributed by atoms with Gasteiger partial charge >= 0.3 is 0 Å². The van der Waals surface area contributed by atoms with Gasteiger partial charge in [0.05, 0.1) is 22.2 Å². The molecule has 0 unspecified atom stereocenters. The molecule has 2 amide bonds. The number of hydrogen-bond acceptors (Lipinski definition) is 6. The number of aromatic amines is 1. The molecule has 0 bridgehead atoms. The fourth-order valence-electron chi connectivity index (χ4n) is 5.23. The molecule has 0 spiro atoms. The van der Waals surface area contributed by atoms with Crippen molar-refractivity contribution < 1.29 is 14.0 Å². The Bertz CT molecular complexity index is 1610. The largest absolute Gasteiger partial charge is 0.352 e. The van der Waals surface area contributed by atoms with Gasteiger partial charge in [-0.3, -0.25) is 24.3 Å². The lowest BCUT2D eigenvalue weighted by Gasteiger charge is -2.35. The molecule has 0 atom stereocenters. The third kappa shape index (κ3) is 7.06. The van der Waals surface area contributed by atoms with Gasteiger partial charge in [-0.2, -0.15) is 5.10 Å². The second kappa shape index (κ2) is 13.5. The molecule has 0 saturated carbocycles. The maximum atomic E-state index is 14.8. The van der Waals surface area contributed by atoms with Gasteiger partial charge in [0, 0.05) is 56.4 Å². The summed E-state index contributed by atoms with van der Waals surface area (Å²) in [4.78, 5) is 45.7. The van der Waals surface area contributed by atoms with Crippen molar-refractivity contribution in [2.24, 2.45) is 0 Å². The minimum atomic E-state index is -0.545. The van der Waals surface area contributed by atoms with Crippen LogP contribution >= 0.6 is 0 Å². The molecule has 2 aromatic carbocycles. The summed E-state index contributed by atoms with van der Waals surface area (Å²) in [7, 11) is 0. The summed E-state index contributed by atoms with van der Waals surface area (Å²) in [5.74, 6) is -0.962. The van der Waals surface area contributed by atoms with E-state index in [9.17, 15) is 18.8 Å². The van der Waals surface area contributed by atoms with Crippen LogP contribution in [0.15, 0.2) is 65.6 Å². The van der Waals surface area contributed by atoms with Crippen LogP contribution in [0.3, 0.4) is 0 Å². The molecule has 10 heteroatoms. The van der Waals surface area contributed by atoms with Gasteiger partial charge in [-0.25, -0.2) is 9.49 Å². The molecular weight excluding hydrogens is 535 g/mol. The Labute approximate surface area is 243 Å². The summed E-state index contributed by atoms with van der Waals surface area (Å²) in [5.41, 5.74) is 2.65. The number of aryl methyl sites for hydroxylation is 1. The average molecular weight is 571 g/mol. The maximum Gasteiger partial charge on any atom is 0.272 e. The van der Waals surface area contributed by atoms with Crippen molar-refractivity contribution in [1.82, 2.24) is 30.3 Å². The van der Waals surface area contributed by atoms with Crippen molar-refractivity contribution >= 4 is 22.6 Å². The Balaban J connectivity index is 1.07. The summed E-state index contributed by atoms with van der Waals surface area (Å²) in [5, 5.41) is 10.9. The van der Waals surface area contributed by atoms with E-state index in [2.05, 4.69) is 25.4 Å². The van der Waals surface area contributed by atoms with E-state index in [1.54, 1.807) is 41.4 Å². The number of carbonyl (C=O) groups excluding carboxylic acids is 2. The molecule has 9 nitrogen and oxygen atoms in total. The molecule has 1 aliphatic heterocycles. The molecule has 42 heavy (non-hydrogen) atoms. The van der Waals surface area contributed by atoms with Crippen LogP contribution in [0.1, 0.15) is 56.9 Å².